The first-order valence-electron chi connectivity index (χ1n) is 3.31. The number of hydrogen-bond acceptors (Lipinski definition) is 2. The standard InChI is InChI=1S/C7H11NO/c1-6-2-3-7(5-9)8-4-6/h6,8H,2-4H2,1H3. The zero-order valence-corrected chi connectivity index (χ0v) is 5.61. The molecule has 1 N–H and O–H groups in total. The van der Waals surface area contributed by atoms with E-state index in [0.29, 0.717) is 5.92 Å². The lowest BCUT2D eigenvalue weighted by molar-refractivity contribution is 0.447. The Balaban J connectivity index is 2.44. The maximum Gasteiger partial charge on any atom is 0.145 e. The largest absolute Gasteiger partial charge is 0.379 e. The van der Waals surface area contributed by atoms with E-state index in [-0.39, 0.29) is 0 Å². The second-order valence-electron chi connectivity index (χ2n) is 2.61. The molecule has 0 amide bonds. The third-order valence-corrected chi connectivity index (χ3v) is 1.67. The molecule has 2 heteroatoms. The molecule has 2 nitrogen and oxygen atoms in total. The van der Waals surface area contributed by atoms with E-state index in [4.69, 9.17) is 0 Å². The maximum absolute atomic E-state index is 10.0. The molecular formula is C7H11NO. The average Bonchev–Trinajstić information content (AvgIpc) is 1.90. The Morgan fingerprint density at radius 2 is 2.56 bits per heavy atom. The Morgan fingerprint density at radius 1 is 1.78 bits per heavy atom. The molecule has 0 aromatic rings. The monoisotopic (exact) mass is 125 g/mol. The SMILES string of the molecule is CC1CCC(=C=O)NC1. The van der Waals surface area contributed by atoms with Gasteiger partial charge >= 0.3 is 0 Å². The topological polar surface area (TPSA) is 29.1 Å². The molecule has 1 fully saturated rings. The molecule has 0 aromatic heterocycles. The minimum atomic E-state index is 0.710. The zero-order valence-electron chi connectivity index (χ0n) is 5.61. The molecule has 1 atom stereocenters. The zero-order chi connectivity index (χ0) is 6.69. The minimum Gasteiger partial charge on any atom is -0.379 e. The fraction of sp³-hybridized carbons (Fsp3) is 0.714. The summed E-state index contributed by atoms with van der Waals surface area (Å²) in [5.41, 5.74) is 0.744. The number of nitrogens with one attached hydrogen (secondary N) is 1. The van der Waals surface area contributed by atoms with Crippen molar-refractivity contribution in [1.29, 1.82) is 0 Å². The number of piperidine rings is 1. The van der Waals surface area contributed by atoms with E-state index in [1.54, 1.807) is 0 Å². The molecule has 0 radical (unpaired) electrons. The van der Waals surface area contributed by atoms with Gasteiger partial charge in [-0.1, -0.05) is 6.92 Å². The molecule has 1 heterocycles. The van der Waals surface area contributed by atoms with Crippen LogP contribution in [0.25, 0.3) is 0 Å². The molecule has 1 unspecified atom stereocenters. The second-order valence-corrected chi connectivity index (χ2v) is 2.61. The Kier molecular flexibility index (Phi) is 1.91. The average molecular weight is 125 g/mol. The van der Waals surface area contributed by atoms with Crippen LogP contribution in [-0.2, 0) is 4.79 Å². The normalized spacial score (nSPS) is 26.8. The van der Waals surface area contributed by atoms with Gasteiger partial charge < -0.3 is 5.32 Å². The van der Waals surface area contributed by atoms with Crippen LogP contribution < -0.4 is 5.32 Å². The first-order valence-corrected chi connectivity index (χ1v) is 3.31. The molecule has 50 valence electrons. The summed E-state index contributed by atoms with van der Waals surface area (Å²) in [6.45, 7) is 3.11. The van der Waals surface area contributed by atoms with Gasteiger partial charge in [0.05, 0.1) is 5.70 Å². The summed E-state index contributed by atoms with van der Waals surface area (Å²) in [4.78, 5) is 10.0. The van der Waals surface area contributed by atoms with Crippen LogP contribution in [0.1, 0.15) is 19.8 Å². The lowest BCUT2D eigenvalue weighted by Crippen LogP contribution is -2.26. The molecule has 0 spiro atoms. The van der Waals surface area contributed by atoms with Gasteiger partial charge in [0.25, 0.3) is 0 Å². The summed E-state index contributed by atoms with van der Waals surface area (Å²) in [6.07, 6.45) is 2.00. The van der Waals surface area contributed by atoms with Crippen LogP contribution in [0.15, 0.2) is 5.70 Å². The lowest BCUT2D eigenvalue weighted by Gasteiger charge is -2.19. The van der Waals surface area contributed by atoms with Crippen molar-refractivity contribution in [3.63, 3.8) is 0 Å². The van der Waals surface area contributed by atoms with Crippen molar-refractivity contribution < 1.29 is 4.79 Å². The lowest BCUT2D eigenvalue weighted by atomic mass is 10.0. The predicted molar refractivity (Wildman–Crippen MR) is 35.6 cm³/mol. The Labute approximate surface area is 54.9 Å². The van der Waals surface area contributed by atoms with Crippen molar-refractivity contribution in [2.24, 2.45) is 5.92 Å². The summed E-state index contributed by atoms with van der Waals surface area (Å²) < 4.78 is 0. The van der Waals surface area contributed by atoms with Crippen LogP contribution in [0.2, 0.25) is 0 Å². The van der Waals surface area contributed by atoms with Gasteiger partial charge in [0.15, 0.2) is 0 Å². The maximum atomic E-state index is 10.0. The van der Waals surface area contributed by atoms with Crippen LogP contribution in [-0.4, -0.2) is 12.5 Å². The predicted octanol–water partition coefficient (Wildman–Crippen LogP) is 0.721. The van der Waals surface area contributed by atoms with E-state index < -0.39 is 0 Å². The molecule has 1 aliphatic heterocycles. The highest BCUT2D eigenvalue weighted by atomic mass is 16.1. The van der Waals surface area contributed by atoms with E-state index >= 15 is 0 Å². The smallest absolute Gasteiger partial charge is 0.145 e. The molecule has 1 saturated heterocycles. The summed E-state index contributed by atoms with van der Waals surface area (Å²) in [6, 6.07) is 0. The molecular weight excluding hydrogens is 114 g/mol. The van der Waals surface area contributed by atoms with Gasteiger partial charge in [-0.25, -0.2) is 4.79 Å². The molecule has 0 saturated carbocycles. The highest BCUT2D eigenvalue weighted by Gasteiger charge is 2.10. The van der Waals surface area contributed by atoms with Gasteiger partial charge in [0.1, 0.15) is 5.94 Å². The van der Waals surface area contributed by atoms with Crippen LogP contribution in [0.5, 0.6) is 0 Å². The van der Waals surface area contributed by atoms with Crippen molar-refractivity contribution in [2.75, 3.05) is 6.54 Å². The van der Waals surface area contributed by atoms with E-state index in [1.807, 2.05) is 5.94 Å². The van der Waals surface area contributed by atoms with Gasteiger partial charge in [-0.2, -0.15) is 0 Å². The van der Waals surface area contributed by atoms with Crippen LogP contribution in [0.3, 0.4) is 0 Å². The molecule has 1 aliphatic rings. The highest BCUT2D eigenvalue weighted by molar-refractivity contribution is 5.51. The minimum absolute atomic E-state index is 0.710. The van der Waals surface area contributed by atoms with Crippen LogP contribution in [0.4, 0.5) is 0 Å². The first kappa shape index (κ1) is 6.37. The third-order valence-electron chi connectivity index (χ3n) is 1.67. The highest BCUT2D eigenvalue weighted by Crippen LogP contribution is 2.13. The summed E-state index contributed by atoms with van der Waals surface area (Å²) in [5.74, 6) is 2.59. The van der Waals surface area contributed by atoms with Crippen LogP contribution in [0, 0.1) is 5.92 Å². The Bertz CT molecular complexity index is 137. The van der Waals surface area contributed by atoms with E-state index in [9.17, 15) is 4.79 Å². The van der Waals surface area contributed by atoms with E-state index in [2.05, 4.69) is 12.2 Å². The summed E-state index contributed by atoms with van der Waals surface area (Å²) in [5, 5.41) is 3.01. The van der Waals surface area contributed by atoms with Crippen molar-refractivity contribution in [1.82, 2.24) is 5.32 Å². The van der Waals surface area contributed by atoms with Crippen molar-refractivity contribution >= 4 is 5.94 Å². The summed E-state index contributed by atoms with van der Waals surface area (Å²) >= 11 is 0. The van der Waals surface area contributed by atoms with Gasteiger partial charge in [0.2, 0.25) is 0 Å². The van der Waals surface area contributed by atoms with Gasteiger partial charge in [0, 0.05) is 6.54 Å². The van der Waals surface area contributed by atoms with E-state index in [1.165, 1.54) is 0 Å². The second kappa shape index (κ2) is 2.70. The van der Waals surface area contributed by atoms with Crippen molar-refractivity contribution in [3.8, 4) is 0 Å². The molecule has 1 rings (SSSR count). The van der Waals surface area contributed by atoms with Crippen molar-refractivity contribution in [3.05, 3.63) is 5.70 Å². The molecule has 0 aromatic carbocycles. The quantitative estimate of drug-likeness (QED) is 0.483. The first-order chi connectivity index (χ1) is 4.33. The van der Waals surface area contributed by atoms with Gasteiger partial charge in [-0.3, -0.25) is 0 Å². The molecule has 0 bridgehead atoms. The van der Waals surface area contributed by atoms with Crippen LogP contribution >= 0.6 is 0 Å². The Morgan fingerprint density at radius 3 is 3.00 bits per heavy atom. The fourth-order valence-electron chi connectivity index (χ4n) is 0.966. The van der Waals surface area contributed by atoms with E-state index in [0.717, 1.165) is 25.1 Å². The van der Waals surface area contributed by atoms with Crippen molar-refractivity contribution in [2.45, 2.75) is 19.8 Å². The number of carbonyl (C=O) groups excluding carboxylic acids is 1. The number of hydrogen-bond donors (Lipinski definition) is 1. The molecule has 0 aliphatic carbocycles. The number of allylic oxidation sites excluding steroid dienone is 1. The number of rotatable bonds is 0. The summed E-state index contributed by atoms with van der Waals surface area (Å²) in [7, 11) is 0. The van der Waals surface area contributed by atoms with Gasteiger partial charge in [-0.15, -0.1) is 0 Å². The van der Waals surface area contributed by atoms with Gasteiger partial charge in [-0.05, 0) is 18.8 Å². The fourth-order valence-corrected chi connectivity index (χ4v) is 0.966. The Hall–Kier alpha value is -0.750. The molecule has 9 heavy (non-hydrogen) atoms. The third kappa shape index (κ3) is 1.58.